The van der Waals surface area contributed by atoms with Crippen molar-refractivity contribution in [3.05, 3.63) is 23.8 Å². The van der Waals surface area contributed by atoms with Gasteiger partial charge in [-0.3, -0.25) is 0 Å². The summed E-state index contributed by atoms with van der Waals surface area (Å²) in [6.45, 7) is 3.08. The minimum atomic E-state index is 0.622. The minimum absolute atomic E-state index is 0.622. The van der Waals surface area contributed by atoms with E-state index in [0.29, 0.717) is 19.6 Å². The number of ether oxygens (including phenoxy) is 2. The molecule has 1 aromatic carbocycles. The molecule has 0 unspecified atom stereocenters. The molecule has 0 spiro atoms. The van der Waals surface area contributed by atoms with E-state index in [1.807, 2.05) is 12.1 Å². The van der Waals surface area contributed by atoms with E-state index in [0.717, 1.165) is 37.4 Å². The topological polar surface area (TPSA) is 54.3 Å². The van der Waals surface area contributed by atoms with E-state index >= 15 is 0 Å². The standard InChI is InChI=1S/C14H18N2O2/c15-6-1-2-7-16-8-5-12-3-4-13-14(11-12)18-10-9-17-13/h3-4,11,16H,1-2,5,7-10H2. The van der Waals surface area contributed by atoms with Crippen LogP contribution in [0.5, 0.6) is 11.5 Å². The number of nitrogens with zero attached hydrogens (tertiary/aromatic N) is 1. The summed E-state index contributed by atoms with van der Waals surface area (Å²) in [5.41, 5.74) is 1.24. The SMILES string of the molecule is N#CCCCNCCc1ccc2c(c1)OCCO2. The second kappa shape index (κ2) is 6.87. The first kappa shape index (κ1) is 12.7. The van der Waals surface area contributed by atoms with Gasteiger partial charge in [-0.05, 0) is 43.6 Å². The van der Waals surface area contributed by atoms with Gasteiger partial charge in [-0.25, -0.2) is 0 Å². The largest absolute Gasteiger partial charge is 0.486 e. The van der Waals surface area contributed by atoms with Crippen LogP contribution < -0.4 is 14.8 Å². The molecule has 1 N–H and O–H groups in total. The molecule has 0 fully saturated rings. The van der Waals surface area contributed by atoms with Gasteiger partial charge >= 0.3 is 0 Å². The molecule has 96 valence electrons. The molecule has 1 aromatic rings. The molecule has 1 heterocycles. The number of unbranched alkanes of at least 4 members (excludes halogenated alkanes) is 1. The molecule has 2 rings (SSSR count). The Bertz CT molecular complexity index is 426. The summed E-state index contributed by atoms with van der Waals surface area (Å²) in [6.07, 6.45) is 2.50. The predicted molar refractivity (Wildman–Crippen MR) is 68.9 cm³/mol. The van der Waals surface area contributed by atoms with Gasteiger partial charge in [-0.2, -0.15) is 5.26 Å². The monoisotopic (exact) mass is 246 g/mol. The molecule has 1 aliphatic rings. The highest BCUT2D eigenvalue weighted by Crippen LogP contribution is 2.30. The van der Waals surface area contributed by atoms with Crippen molar-refractivity contribution in [1.29, 1.82) is 5.26 Å². The van der Waals surface area contributed by atoms with Gasteiger partial charge in [-0.15, -0.1) is 0 Å². The summed E-state index contributed by atoms with van der Waals surface area (Å²) < 4.78 is 11.0. The summed E-state index contributed by atoms with van der Waals surface area (Å²) in [5.74, 6) is 1.69. The van der Waals surface area contributed by atoms with Crippen LogP contribution in [0.2, 0.25) is 0 Å². The van der Waals surface area contributed by atoms with Crippen molar-refractivity contribution in [3.63, 3.8) is 0 Å². The van der Waals surface area contributed by atoms with E-state index < -0.39 is 0 Å². The number of rotatable bonds is 6. The second-order valence-corrected chi connectivity index (χ2v) is 4.24. The summed E-state index contributed by atoms with van der Waals surface area (Å²) in [6, 6.07) is 8.23. The van der Waals surface area contributed by atoms with Gasteiger partial charge in [-0.1, -0.05) is 6.07 Å². The lowest BCUT2D eigenvalue weighted by Gasteiger charge is -2.18. The molecular weight excluding hydrogens is 228 g/mol. The van der Waals surface area contributed by atoms with Crippen LogP contribution in [0.25, 0.3) is 0 Å². The van der Waals surface area contributed by atoms with Crippen molar-refractivity contribution in [3.8, 4) is 17.6 Å². The van der Waals surface area contributed by atoms with Crippen LogP contribution in [0.4, 0.5) is 0 Å². The fraction of sp³-hybridized carbons (Fsp3) is 0.500. The number of fused-ring (bicyclic) bond motifs is 1. The molecule has 1 aliphatic heterocycles. The molecular formula is C14H18N2O2. The van der Waals surface area contributed by atoms with Crippen LogP contribution in [0, 0.1) is 11.3 Å². The Hall–Kier alpha value is -1.73. The van der Waals surface area contributed by atoms with E-state index in [-0.39, 0.29) is 0 Å². The van der Waals surface area contributed by atoms with Crippen molar-refractivity contribution >= 4 is 0 Å². The smallest absolute Gasteiger partial charge is 0.161 e. The first-order valence-electron chi connectivity index (χ1n) is 6.36. The van der Waals surface area contributed by atoms with Crippen molar-refractivity contribution in [1.82, 2.24) is 5.32 Å². The third-order valence-electron chi connectivity index (χ3n) is 2.84. The van der Waals surface area contributed by atoms with Gasteiger partial charge < -0.3 is 14.8 Å². The van der Waals surface area contributed by atoms with Gasteiger partial charge in [0.2, 0.25) is 0 Å². The maximum Gasteiger partial charge on any atom is 0.161 e. The molecule has 0 bridgehead atoms. The van der Waals surface area contributed by atoms with E-state index in [1.54, 1.807) is 0 Å². The molecule has 0 aromatic heterocycles. The Kier molecular flexibility index (Phi) is 4.86. The molecule has 0 atom stereocenters. The van der Waals surface area contributed by atoms with Crippen LogP contribution in [-0.2, 0) is 6.42 Å². The van der Waals surface area contributed by atoms with E-state index in [4.69, 9.17) is 14.7 Å². The Balaban J connectivity index is 1.74. The summed E-state index contributed by atoms with van der Waals surface area (Å²) in [7, 11) is 0. The molecule has 18 heavy (non-hydrogen) atoms. The molecule has 0 saturated heterocycles. The highest BCUT2D eigenvalue weighted by molar-refractivity contribution is 5.43. The van der Waals surface area contributed by atoms with Crippen LogP contribution in [0.15, 0.2) is 18.2 Å². The number of hydrogen-bond donors (Lipinski definition) is 1. The molecule has 0 amide bonds. The zero-order valence-corrected chi connectivity index (χ0v) is 10.4. The predicted octanol–water partition coefficient (Wildman–Crippen LogP) is 1.89. The van der Waals surface area contributed by atoms with Crippen LogP contribution >= 0.6 is 0 Å². The van der Waals surface area contributed by atoms with Gasteiger partial charge in [0.1, 0.15) is 13.2 Å². The van der Waals surface area contributed by atoms with Crippen LogP contribution in [-0.4, -0.2) is 26.3 Å². The van der Waals surface area contributed by atoms with Crippen molar-refractivity contribution < 1.29 is 9.47 Å². The van der Waals surface area contributed by atoms with Crippen molar-refractivity contribution in [2.45, 2.75) is 19.3 Å². The van der Waals surface area contributed by atoms with Gasteiger partial charge in [0.15, 0.2) is 11.5 Å². The first-order valence-corrected chi connectivity index (χ1v) is 6.36. The number of nitrogens with one attached hydrogen (secondary N) is 1. The minimum Gasteiger partial charge on any atom is -0.486 e. The zero-order chi connectivity index (χ0) is 12.6. The van der Waals surface area contributed by atoms with Gasteiger partial charge in [0, 0.05) is 6.42 Å². The Morgan fingerprint density at radius 2 is 2.00 bits per heavy atom. The number of hydrogen-bond acceptors (Lipinski definition) is 4. The fourth-order valence-electron chi connectivity index (χ4n) is 1.89. The second-order valence-electron chi connectivity index (χ2n) is 4.24. The average molecular weight is 246 g/mol. The lowest BCUT2D eigenvalue weighted by Crippen LogP contribution is -2.19. The fourth-order valence-corrected chi connectivity index (χ4v) is 1.89. The normalized spacial score (nSPS) is 13.1. The summed E-state index contributed by atoms with van der Waals surface area (Å²) >= 11 is 0. The van der Waals surface area contributed by atoms with Gasteiger partial charge in [0.25, 0.3) is 0 Å². The maximum atomic E-state index is 8.41. The number of nitriles is 1. The quantitative estimate of drug-likeness (QED) is 0.779. The van der Waals surface area contributed by atoms with Crippen molar-refractivity contribution in [2.75, 3.05) is 26.3 Å². The lowest BCUT2D eigenvalue weighted by atomic mass is 10.1. The average Bonchev–Trinajstić information content (AvgIpc) is 2.42. The molecule has 0 aliphatic carbocycles. The first-order chi connectivity index (χ1) is 8.90. The third kappa shape index (κ3) is 3.64. The molecule has 4 heteroatoms. The molecule has 0 radical (unpaired) electrons. The van der Waals surface area contributed by atoms with Crippen LogP contribution in [0.3, 0.4) is 0 Å². The van der Waals surface area contributed by atoms with Gasteiger partial charge in [0.05, 0.1) is 6.07 Å². The van der Waals surface area contributed by atoms with Crippen molar-refractivity contribution in [2.24, 2.45) is 0 Å². The Labute approximate surface area is 108 Å². The van der Waals surface area contributed by atoms with E-state index in [9.17, 15) is 0 Å². The lowest BCUT2D eigenvalue weighted by molar-refractivity contribution is 0.171. The molecule has 0 saturated carbocycles. The Morgan fingerprint density at radius 1 is 1.17 bits per heavy atom. The van der Waals surface area contributed by atoms with E-state index in [2.05, 4.69) is 17.5 Å². The maximum absolute atomic E-state index is 8.41. The zero-order valence-electron chi connectivity index (χ0n) is 10.4. The summed E-state index contributed by atoms with van der Waals surface area (Å²) in [5, 5.41) is 11.7. The highest BCUT2D eigenvalue weighted by Gasteiger charge is 2.11. The Morgan fingerprint density at radius 3 is 2.83 bits per heavy atom. The highest BCUT2D eigenvalue weighted by atomic mass is 16.6. The van der Waals surface area contributed by atoms with E-state index in [1.165, 1.54) is 5.56 Å². The number of benzene rings is 1. The molecule has 4 nitrogen and oxygen atoms in total. The summed E-state index contributed by atoms with van der Waals surface area (Å²) in [4.78, 5) is 0. The third-order valence-corrected chi connectivity index (χ3v) is 2.84. The van der Waals surface area contributed by atoms with Crippen LogP contribution in [0.1, 0.15) is 18.4 Å².